The fourth-order valence-corrected chi connectivity index (χ4v) is 6.90. The molecule has 0 amide bonds. The van der Waals surface area contributed by atoms with Crippen LogP contribution in [0.5, 0.6) is 0 Å². The first kappa shape index (κ1) is 27.4. The van der Waals surface area contributed by atoms with E-state index in [1.54, 1.807) is 0 Å². The van der Waals surface area contributed by atoms with Crippen LogP contribution in [0.2, 0.25) is 0 Å². The molecule has 0 aliphatic carbocycles. The predicted molar refractivity (Wildman–Crippen MR) is 179 cm³/mol. The van der Waals surface area contributed by atoms with Crippen molar-refractivity contribution in [3.63, 3.8) is 0 Å². The van der Waals surface area contributed by atoms with E-state index in [1.165, 1.54) is 59.1 Å². The van der Waals surface area contributed by atoms with Crippen molar-refractivity contribution >= 4 is 31.5 Å². The third kappa shape index (κ3) is 5.34. The van der Waals surface area contributed by atoms with Crippen molar-refractivity contribution in [3.05, 3.63) is 126 Å². The Hall–Kier alpha value is -3.75. The van der Waals surface area contributed by atoms with E-state index in [9.17, 15) is 0 Å². The second-order valence-electron chi connectivity index (χ2n) is 13.4. The third-order valence-electron chi connectivity index (χ3n) is 8.36. The molecular weight excluding hydrogens is 515 g/mol. The molecule has 0 N–H and O–H groups in total. The quantitative estimate of drug-likeness (QED) is 0.211. The van der Waals surface area contributed by atoms with Crippen LogP contribution in [0.1, 0.15) is 76.6 Å². The molecule has 2 heteroatoms. The van der Waals surface area contributed by atoms with Crippen molar-refractivity contribution < 1.29 is 0 Å². The monoisotopic (exact) mass is 553 g/mol. The lowest BCUT2D eigenvalue weighted by molar-refractivity contribution is 0.569. The lowest BCUT2D eigenvalue weighted by Gasteiger charge is -2.26. The molecule has 0 fully saturated rings. The number of fused-ring (bicyclic) bond motifs is 3. The first-order chi connectivity index (χ1) is 19.5. The molecule has 41 heavy (non-hydrogen) atoms. The minimum atomic E-state index is 0.0895. The van der Waals surface area contributed by atoms with Crippen molar-refractivity contribution in [2.45, 2.75) is 65.2 Å². The van der Waals surface area contributed by atoms with Gasteiger partial charge < -0.3 is 0 Å². The second-order valence-corrected chi connectivity index (χ2v) is 14.5. The van der Waals surface area contributed by atoms with E-state index in [-0.39, 0.29) is 10.8 Å². The van der Waals surface area contributed by atoms with Crippen molar-refractivity contribution in [2.24, 2.45) is 0 Å². The molecular formula is C39H39NS. The lowest BCUT2D eigenvalue weighted by atomic mass is 9.79. The summed E-state index contributed by atoms with van der Waals surface area (Å²) in [6.45, 7) is 16.1. The number of rotatable bonds is 4. The Morgan fingerprint density at radius 1 is 0.610 bits per heavy atom. The summed E-state index contributed by atoms with van der Waals surface area (Å²) in [7, 11) is 0. The van der Waals surface area contributed by atoms with Crippen LogP contribution < -0.4 is 0 Å². The number of benzene rings is 4. The van der Waals surface area contributed by atoms with E-state index in [4.69, 9.17) is 4.98 Å². The van der Waals surface area contributed by atoms with Gasteiger partial charge >= 0.3 is 0 Å². The highest BCUT2D eigenvalue weighted by Crippen LogP contribution is 2.42. The fraction of sp³-hybridized carbons (Fsp3) is 0.256. The van der Waals surface area contributed by atoms with Crippen LogP contribution in [0.15, 0.2) is 103 Å². The second kappa shape index (κ2) is 10.3. The van der Waals surface area contributed by atoms with Gasteiger partial charge in [-0.15, -0.1) is 11.3 Å². The van der Waals surface area contributed by atoms with Gasteiger partial charge in [-0.2, -0.15) is 0 Å². The topological polar surface area (TPSA) is 12.9 Å². The fourth-order valence-electron chi connectivity index (χ4n) is 5.64. The van der Waals surface area contributed by atoms with Gasteiger partial charge in [0.25, 0.3) is 0 Å². The van der Waals surface area contributed by atoms with Crippen molar-refractivity contribution in [2.75, 3.05) is 0 Å². The van der Waals surface area contributed by atoms with E-state index >= 15 is 0 Å². The van der Waals surface area contributed by atoms with Crippen molar-refractivity contribution in [1.29, 1.82) is 0 Å². The van der Waals surface area contributed by atoms with Gasteiger partial charge in [0.1, 0.15) is 0 Å². The smallest absolute Gasteiger partial charge is 0.0719 e. The predicted octanol–water partition coefficient (Wildman–Crippen LogP) is 11.5. The largest absolute Gasteiger partial charge is 0.256 e. The van der Waals surface area contributed by atoms with E-state index in [2.05, 4.69) is 146 Å². The van der Waals surface area contributed by atoms with Gasteiger partial charge in [-0.1, -0.05) is 127 Å². The molecule has 4 aromatic carbocycles. The molecule has 0 radical (unpaired) electrons. The maximum Gasteiger partial charge on any atom is 0.0719 e. The van der Waals surface area contributed by atoms with Crippen LogP contribution in [0.3, 0.4) is 0 Å². The van der Waals surface area contributed by atoms with Gasteiger partial charge in [0, 0.05) is 37.9 Å². The van der Waals surface area contributed by atoms with Crippen LogP contribution in [0, 0.1) is 0 Å². The minimum absolute atomic E-state index is 0.0895. The first-order valence-electron chi connectivity index (χ1n) is 14.6. The summed E-state index contributed by atoms with van der Waals surface area (Å²) in [5.41, 5.74) is 10.4. The minimum Gasteiger partial charge on any atom is -0.256 e. The maximum absolute atomic E-state index is 4.84. The molecule has 1 atom stereocenters. The number of nitrogens with zero attached hydrogens (tertiary/aromatic N) is 1. The van der Waals surface area contributed by atoms with Crippen molar-refractivity contribution in [1.82, 2.24) is 4.98 Å². The molecule has 1 unspecified atom stereocenters. The highest BCUT2D eigenvalue weighted by Gasteiger charge is 2.21. The summed E-state index contributed by atoms with van der Waals surface area (Å²) in [6, 6.07) is 36.0. The molecule has 206 valence electrons. The molecule has 0 bridgehead atoms. The summed E-state index contributed by atoms with van der Waals surface area (Å²) in [5, 5.41) is 2.61. The molecule has 6 aromatic rings. The van der Waals surface area contributed by atoms with Gasteiger partial charge in [-0.3, -0.25) is 4.98 Å². The molecule has 2 aromatic heterocycles. The molecule has 1 nitrogen and oxygen atoms in total. The number of aromatic nitrogens is 1. The molecule has 6 rings (SSSR count). The number of thiophene rings is 1. The summed E-state index contributed by atoms with van der Waals surface area (Å²) in [4.78, 5) is 4.84. The Labute approximate surface area is 248 Å². The Morgan fingerprint density at radius 3 is 2.00 bits per heavy atom. The van der Waals surface area contributed by atoms with Crippen LogP contribution in [-0.4, -0.2) is 4.98 Å². The SMILES string of the molecule is CC(c1ccccc1)c1ccnc(-c2cccc3c2sc2cc(-c4cc(C(C)(C)C)cc(C(C)(C)C)c4)ccc23)c1. The highest BCUT2D eigenvalue weighted by molar-refractivity contribution is 7.26. The summed E-state index contributed by atoms with van der Waals surface area (Å²) >= 11 is 1.88. The van der Waals surface area contributed by atoms with Gasteiger partial charge in [-0.25, -0.2) is 0 Å². The summed E-state index contributed by atoms with van der Waals surface area (Å²) < 4.78 is 2.62. The molecule has 0 saturated carbocycles. The molecule has 0 saturated heterocycles. The van der Waals surface area contributed by atoms with Gasteiger partial charge in [0.2, 0.25) is 0 Å². The normalized spacial score (nSPS) is 13.1. The first-order valence-corrected chi connectivity index (χ1v) is 15.4. The highest BCUT2D eigenvalue weighted by atomic mass is 32.1. The Bertz CT molecular complexity index is 1830. The Morgan fingerprint density at radius 2 is 1.32 bits per heavy atom. The average Bonchev–Trinajstić information content (AvgIpc) is 3.34. The van der Waals surface area contributed by atoms with Crippen LogP contribution in [0.4, 0.5) is 0 Å². The molecule has 0 spiro atoms. The zero-order chi connectivity index (χ0) is 28.9. The van der Waals surface area contributed by atoms with Gasteiger partial charge in [0.05, 0.1) is 5.69 Å². The maximum atomic E-state index is 4.84. The van der Waals surface area contributed by atoms with E-state index < -0.39 is 0 Å². The number of hydrogen-bond acceptors (Lipinski definition) is 2. The molecule has 0 aliphatic rings. The van der Waals surface area contributed by atoms with Crippen molar-refractivity contribution in [3.8, 4) is 22.4 Å². The third-order valence-corrected chi connectivity index (χ3v) is 9.56. The van der Waals surface area contributed by atoms with Gasteiger partial charge in [0.15, 0.2) is 0 Å². The van der Waals surface area contributed by atoms with E-state index in [0.29, 0.717) is 5.92 Å². The Kier molecular flexibility index (Phi) is 6.86. The summed E-state index contributed by atoms with van der Waals surface area (Å²) in [6.07, 6.45) is 1.96. The van der Waals surface area contributed by atoms with Crippen LogP contribution >= 0.6 is 11.3 Å². The number of pyridine rings is 1. The van der Waals surface area contributed by atoms with Gasteiger partial charge in [-0.05, 0) is 62.4 Å². The zero-order valence-electron chi connectivity index (χ0n) is 25.2. The van der Waals surface area contributed by atoms with E-state index in [1.807, 2.05) is 17.5 Å². The van der Waals surface area contributed by atoms with Crippen LogP contribution in [-0.2, 0) is 10.8 Å². The average molecular weight is 554 g/mol. The molecule has 0 aliphatic heterocycles. The zero-order valence-corrected chi connectivity index (χ0v) is 26.1. The Balaban J connectivity index is 1.46. The number of hydrogen-bond donors (Lipinski definition) is 0. The summed E-state index contributed by atoms with van der Waals surface area (Å²) in [5.74, 6) is 0.309. The standard InChI is InChI=1S/C39H39NS/c1-25(26-12-9-8-10-13-26)27-18-19-40-35(22-27)34-15-11-14-33-32-17-16-28(23-36(32)41-37(33)34)29-20-30(38(2,3)4)24-31(21-29)39(5,6)7/h8-25H,1-7H3. The van der Waals surface area contributed by atoms with E-state index in [0.717, 1.165) is 5.69 Å². The molecule has 2 heterocycles. The lowest BCUT2D eigenvalue weighted by Crippen LogP contribution is -2.16. The van der Waals surface area contributed by atoms with Crippen LogP contribution in [0.25, 0.3) is 42.6 Å².